The summed E-state index contributed by atoms with van der Waals surface area (Å²) in [7, 11) is 0. The maximum Gasteiger partial charge on any atom is 0.226 e. The average molecular weight is 286 g/mol. The summed E-state index contributed by atoms with van der Waals surface area (Å²) in [4.78, 5) is 4.55. The van der Waals surface area contributed by atoms with Gasteiger partial charge in [-0.25, -0.2) is 0 Å². The van der Waals surface area contributed by atoms with Crippen LogP contribution in [-0.2, 0) is 12.0 Å². The van der Waals surface area contributed by atoms with Gasteiger partial charge in [0.1, 0.15) is 0 Å². The van der Waals surface area contributed by atoms with Crippen LogP contribution in [0.25, 0.3) is 0 Å². The molecule has 2 N–H and O–H groups in total. The third-order valence-electron chi connectivity index (χ3n) is 4.68. The first-order chi connectivity index (χ1) is 8.66. The molecule has 0 aliphatic heterocycles. The van der Waals surface area contributed by atoms with Crippen LogP contribution in [0, 0.1) is 11.8 Å². The lowest BCUT2D eigenvalue weighted by atomic mass is 9.98. The lowest BCUT2D eigenvalue weighted by Gasteiger charge is -2.17. The van der Waals surface area contributed by atoms with Gasteiger partial charge in [-0.2, -0.15) is 4.98 Å². The fourth-order valence-corrected chi connectivity index (χ4v) is 3.53. The topological polar surface area (TPSA) is 64.9 Å². The molecular formula is C14H24ClN3O. The standard InChI is InChI=1S/C14H23N3O.ClH/c1-10-4-5-11(8-10)9-12-16-13(17-18-12)14(15)6-2-3-7-14;/h10-11H,2-9,15H2,1H3;1H. The van der Waals surface area contributed by atoms with Crippen molar-refractivity contribution in [3.63, 3.8) is 0 Å². The molecular weight excluding hydrogens is 262 g/mol. The van der Waals surface area contributed by atoms with E-state index in [0.29, 0.717) is 0 Å². The lowest BCUT2D eigenvalue weighted by Crippen LogP contribution is -2.34. The van der Waals surface area contributed by atoms with Crippen LogP contribution in [0.4, 0.5) is 0 Å². The Bertz CT molecular complexity index is 415. The van der Waals surface area contributed by atoms with E-state index >= 15 is 0 Å². The summed E-state index contributed by atoms with van der Waals surface area (Å²) >= 11 is 0. The molecule has 4 nitrogen and oxygen atoms in total. The van der Waals surface area contributed by atoms with E-state index in [0.717, 1.165) is 42.8 Å². The molecule has 1 aromatic rings. The predicted molar refractivity (Wildman–Crippen MR) is 76.1 cm³/mol. The van der Waals surface area contributed by atoms with Crippen molar-refractivity contribution in [3.05, 3.63) is 11.7 Å². The number of rotatable bonds is 3. The molecule has 5 heteroatoms. The Morgan fingerprint density at radius 2 is 2.05 bits per heavy atom. The Morgan fingerprint density at radius 1 is 1.32 bits per heavy atom. The van der Waals surface area contributed by atoms with Crippen LogP contribution >= 0.6 is 12.4 Å². The van der Waals surface area contributed by atoms with Gasteiger partial charge in [0.05, 0.1) is 5.54 Å². The summed E-state index contributed by atoms with van der Waals surface area (Å²) < 4.78 is 5.40. The number of halogens is 1. The maximum atomic E-state index is 6.34. The van der Waals surface area contributed by atoms with Gasteiger partial charge in [-0.05, 0) is 37.5 Å². The van der Waals surface area contributed by atoms with E-state index in [2.05, 4.69) is 17.1 Å². The molecule has 0 bridgehead atoms. The maximum absolute atomic E-state index is 6.34. The minimum Gasteiger partial charge on any atom is -0.339 e. The van der Waals surface area contributed by atoms with E-state index in [1.54, 1.807) is 0 Å². The Balaban J connectivity index is 0.00000133. The van der Waals surface area contributed by atoms with Crippen molar-refractivity contribution < 1.29 is 4.52 Å². The average Bonchev–Trinajstić information content (AvgIpc) is 3.02. The molecule has 2 aliphatic rings. The zero-order valence-electron chi connectivity index (χ0n) is 11.6. The van der Waals surface area contributed by atoms with Crippen LogP contribution in [0.2, 0.25) is 0 Å². The Morgan fingerprint density at radius 3 is 2.68 bits per heavy atom. The zero-order chi connectivity index (χ0) is 12.6. The second-order valence-electron chi connectivity index (χ2n) is 6.36. The molecule has 1 aromatic heterocycles. The molecule has 0 spiro atoms. The van der Waals surface area contributed by atoms with Gasteiger partial charge in [-0.15, -0.1) is 12.4 Å². The largest absolute Gasteiger partial charge is 0.339 e. The summed E-state index contributed by atoms with van der Waals surface area (Å²) in [5, 5.41) is 4.12. The summed E-state index contributed by atoms with van der Waals surface area (Å²) in [6.45, 7) is 2.33. The third-order valence-corrected chi connectivity index (χ3v) is 4.68. The van der Waals surface area contributed by atoms with Gasteiger partial charge in [-0.1, -0.05) is 31.3 Å². The number of hydrogen-bond acceptors (Lipinski definition) is 4. The molecule has 0 aromatic carbocycles. The Hall–Kier alpha value is -0.610. The monoisotopic (exact) mass is 285 g/mol. The first kappa shape index (κ1) is 14.8. The number of hydrogen-bond donors (Lipinski definition) is 1. The smallest absolute Gasteiger partial charge is 0.226 e. The van der Waals surface area contributed by atoms with E-state index in [1.807, 2.05) is 0 Å². The van der Waals surface area contributed by atoms with Crippen molar-refractivity contribution in [2.24, 2.45) is 17.6 Å². The Kier molecular flexibility index (Phi) is 4.51. The minimum absolute atomic E-state index is 0. The van der Waals surface area contributed by atoms with Crippen molar-refractivity contribution in [3.8, 4) is 0 Å². The first-order valence-corrected chi connectivity index (χ1v) is 7.28. The van der Waals surface area contributed by atoms with Gasteiger partial charge in [0.2, 0.25) is 5.89 Å². The van der Waals surface area contributed by atoms with Crippen LogP contribution in [-0.4, -0.2) is 10.1 Å². The van der Waals surface area contributed by atoms with Gasteiger partial charge in [0.25, 0.3) is 0 Å². The molecule has 3 rings (SSSR count). The van der Waals surface area contributed by atoms with Crippen LogP contribution in [0.15, 0.2) is 4.52 Å². The molecule has 2 saturated carbocycles. The zero-order valence-corrected chi connectivity index (χ0v) is 12.4. The Labute approximate surface area is 120 Å². The van der Waals surface area contributed by atoms with Gasteiger partial charge < -0.3 is 10.3 Å². The van der Waals surface area contributed by atoms with Crippen LogP contribution < -0.4 is 5.73 Å². The first-order valence-electron chi connectivity index (χ1n) is 7.28. The molecule has 19 heavy (non-hydrogen) atoms. The normalized spacial score (nSPS) is 29.4. The van der Waals surface area contributed by atoms with Gasteiger partial charge in [0.15, 0.2) is 5.82 Å². The summed E-state index contributed by atoms with van der Waals surface area (Å²) in [6.07, 6.45) is 9.22. The number of aromatic nitrogens is 2. The van der Waals surface area contributed by atoms with Crippen LogP contribution in [0.5, 0.6) is 0 Å². The highest BCUT2D eigenvalue weighted by molar-refractivity contribution is 5.85. The summed E-state index contributed by atoms with van der Waals surface area (Å²) in [6, 6.07) is 0. The summed E-state index contributed by atoms with van der Waals surface area (Å²) in [5.74, 6) is 3.11. The molecule has 108 valence electrons. The second-order valence-corrected chi connectivity index (χ2v) is 6.36. The van der Waals surface area contributed by atoms with Crippen molar-refractivity contribution in [2.75, 3.05) is 0 Å². The third kappa shape index (κ3) is 3.11. The fraction of sp³-hybridized carbons (Fsp3) is 0.857. The van der Waals surface area contributed by atoms with Gasteiger partial charge >= 0.3 is 0 Å². The molecule has 0 saturated heterocycles. The quantitative estimate of drug-likeness (QED) is 0.926. The molecule has 2 atom stereocenters. The molecule has 2 aliphatic carbocycles. The van der Waals surface area contributed by atoms with Crippen molar-refractivity contribution in [1.82, 2.24) is 10.1 Å². The molecule has 0 radical (unpaired) electrons. The van der Waals surface area contributed by atoms with Crippen LogP contribution in [0.1, 0.15) is 63.6 Å². The van der Waals surface area contributed by atoms with Gasteiger partial charge in [0, 0.05) is 6.42 Å². The molecule has 2 fully saturated rings. The number of nitrogens with zero attached hydrogens (tertiary/aromatic N) is 2. The van der Waals surface area contributed by atoms with Crippen molar-refractivity contribution >= 4 is 12.4 Å². The van der Waals surface area contributed by atoms with Crippen molar-refractivity contribution in [1.29, 1.82) is 0 Å². The highest BCUT2D eigenvalue weighted by atomic mass is 35.5. The second kappa shape index (κ2) is 5.80. The van der Waals surface area contributed by atoms with E-state index < -0.39 is 0 Å². The molecule has 2 unspecified atom stereocenters. The van der Waals surface area contributed by atoms with E-state index in [1.165, 1.54) is 32.1 Å². The van der Waals surface area contributed by atoms with E-state index in [-0.39, 0.29) is 17.9 Å². The fourth-order valence-electron chi connectivity index (χ4n) is 3.53. The molecule has 1 heterocycles. The van der Waals surface area contributed by atoms with E-state index in [9.17, 15) is 0 Å². The number of nitrogens with two attached hydrogens (primary N) is 1. The lowest BCUT2D eigenvalue weighted by molar-refractivity contribution is 0.333. The highest BCUT2D eigenvalue weighted by Gasteiger charge is 2.36. The van der Waals surface area contributed by atoms with Crippen molar-refractivity contribution in [2.45, 2.75) is 63.8 Å². The van der Waals surface area contributed by atoms with Crippen LogP contribution in [0.3, 0.4) is 0 Å². The predicted octanol–water partition coefficient (Wildman–Crippen LogP) is 3.20. The summed E-state index contributed by atoms with van der Waals surface area (Å²) in [5.41, 5.74) is 6.02. The molecule has 0 amide bonds. The van der Waals surface area contributed by atoms with Gasteiger partial charge in [-0.3, -0.25) is 0 Å². The minimum atomic E-state index is -0.315. The SMILES string of the molecule is CC1CCC(Cc2nc(C3(N)CCCC3)no2)C1.Cl. The van der Waals surface area contributed by atoms with E-state index in [4.69, 9.17) is 10.3 Å². The highest BCUT2D eigenvalue weighted by Crippen LogP contribution is 2.36.